The smallest absolute Gasteiger partial charge is 0.321 e. The van der Waals surface area contributed by atoms with Gasteiger partial charge in [0.2, 0.25) is 0 Å². The van der Waals surface area contributed by atoms with Crippen molar-refractivity contribution in [1.29, 1.82) is 0 Å². The number of amides is 3. The maximum atomic E-state index is 14.2. The minimum Gasteiger partial charge on any atom is -0.351 e. The van der Waals surface area contributed by atoms with Gasteiger partial charge in [-0.25, -0.2) is 18.1 Å². The SMILES string of the molecule is CCNC(=O)Nc1nc2cc(-c3ccc(F)cc3F)cc(C(=O)NCC)n2n1. The van der Waals surface area contributed by atoms with E-state index in [9.17, 15) is 18.4 Å². The van der Waals surface area contributed by atoms with E-state index in [0.717, 1.165) is 12.1 Å². The van der Waals surface area contributed by atoms with Crippen molar-refractivity contribution in [1.82, 2.24) is 25.2 Å². The van der Waals surface area contributed by atoms with Crippen LogP contribution in [0.15, 0.2) is 30.3 Å². The third-order valence-electron chi connectivity index (χ3n) is 3.81. The van der Waals surface area contributed by atoms with Crippen LogP contribution in [0.5, 0.6) is 0 Å². The molecule has 3 rings (SSSR count). The summed E-state index contributed by atoms with van der Waals surface area (Å²) in [6, 6.07) is 5.59. The molecule has 0 aliphatic heterocycles. The quantitative estimate of drug-likeness (QED) is 0.625. The Kier molecular flexibility index (Phi) is 5.48. The number of nitrogens with zero attached hydrogens (tertiary/aromatic N) is 3. The number of carbonyl (C=O) groups excluding carboxylic acids is 2. The number of aromatic nitrogens is 3. The van der Waals surface area contributed by atoms with E-state index in [-0.39, 0.29) is 22.9 Å². The standard InChI is InChI=1S/C18H18F2N6O2/c1-3-21-16(27)14-7-10(12-6-5-11(19)9-13(12)20)8-15-23-17(25-26(14)15)24-18(28)22-4-2/h5-9H,3-4H2,1-2H3,(H,21,27)(H2,22,24,25,28). The third kappa shape index (κ3) is 3.90. The lowest BCUT2D eigenvalue weighted by Gasteiger charge is -2.09. The molecule has 146 valence electrons. The number of anilines is 1. The number of nitrogens with one attached hydrogen (secondary N) is 3. The summed E-state index contributed by atoms with van der Waals surface area (Å²) in [5.74, 6) is -1.95. The normalized spacial score (nSPS) is 10.7. The second kappa shape index (κ2) is 7.99. The van der Waals surface area contributed by atoms with E-state index in [1.165, 1.54) is 22.7 Å². The molecule has 0 spiro atoms. The first kappa shape index (κ1) is 19.2. The van der Waals surface area contributed by atoms with Gasteiger partial charge in [0.1, 0.15) is 17.3 Å². The van der Waals surface area contributed by atoms with Crippen LogP contribution in [0.1, 0.15) is 24.3 Å². The predicted molar refractivity (Wildman–Crippen MR) is 99.0 cm³/mol. The van der Waals surface area contributed by atoms with Crippen LogP contribution in [-0.4, -0.2) is 39.6 Å². The lowest BCUT2D eigenvalue weighted by atomic mass is 10.0. The molecule has 0 atom stereocenters. The Balaban J connectivity index is 2.13. The number of hydrogen-bond donors (Lipinski definition) is 3. The first-order chi connectivity index (χ1) is 13.4. The number of rotatable bonds is 5. The zero-order valence-electron chi connectivity index (χ0n) is 15.2. The number of benzene rings is 1. The van der Waals surface area contributed by atoms with Crippen LogP contribution in [0, 0.1) is 11.6 Å². The van der Waals surface area contributed by atoms with Gasteiger partial charge in [-0.15, -0.1) is 5.10 Å². The zero-order chi connectivity index (χ0) is 20.3. The summed E-state index contributed by atoms with van der Waals surface area (Å²) in [6.07, 6.45) is 0. The van der Waals surface area contributed by atoms with E-state index >= 15 is 0 Å². The van der Waals surface area contributed by atoms with Gasteiger partial charge in [-0.2, -0.15) is 4.98 Å². The average Bonchev–Trinajstić information content (AvgIpc) is 3.03. The first-order valence-corrected chi connectivity index (χ1v) is 8.62. The Morgan fingerprint density at radius 3 is 2.50 bits per heavy atom. The molecule has 28 heavy (non-hydrogen) atoms. The molecule has 3 amide bonds. The Labute approximate surface area is 159 Å². The Morgan fingerprint density at radius 2 is 1.82 bits per heavy atom. The molecule has 0 radical (unpaired) electrons. The number of halogens is 2. The summed E-state index contributed by atoms with van der Waals surface area (Å²) >= 11 is 0. The summed E-state index contributed by atoms with van der Waals surface area (Å²) in [4.78, 5) is 28.3. The molecule has 1 aromatic carbocycles. The van der Waals surface area contributed by atoms with Crippen molar-refractivity contribution in [2.24, 2.45) is 0 Å². The van der Waals surface area contributed by atoms with Crippen molar-refractivity contribution >= 4 is 23.5 Å². The second-order valence-corrected chi connectivity index (χ2v) is 5.80. The van der Waals surface area contributed by atoms with Gasteiger partial charge in [-0.3, -0.25) is 10.1 Å². The van der Waals surface area contributed by atoms with E-state index in [1.54, 1.807) is 13.8 Å². The predicted octanol–water partition coefficient (Wildman–Crippen LogP) is 2.57. The lowest BCUT2D eigenvalue weighted by molar-refractivity contribution is 0.0948. The van der Waals surface area contributed by atoms with Gasteiger partial charge < -0.3 is 10.6 Å². The van der Waals surface area contributed by atoms with E-state index in [0.29, 0.717) is 18.7 Å². The van der Waals surface area contributed by atoms with Crippen LogP contribution in [0.25, 0.3) is 16.8 Å². The molecule has 0 aliphatic carbocycles. The van der Waals surface area contributed by atoms with Gasteiger partial charge in [0.25, 0.3) is 11.9 Å². The van der Waals surface area contributed by atoms with Crippen LogP contribution in [-0.2, 0) is 0 Å². The van der Waals surface area contributed by atoms with Gasteiger partial charge >= 0.3 is 6.03 Å². The molecule has 0 unspecified atom stereocenters. The van der Waals surface area contributed by atoms with Gasteiger partial charge in [0.05, 0.1) is 0 Å². The van der Waals surface area contributed by atoms with Crippen molar-refractivity contribution in [3.05, 3.63) is 47.7 Å². The zero-order valence-corrected chi connectivity index (χ0v) is 15.2. The summed E-state index contributed by atoms with van der Waals surface area (Å²) in [6.45, 7) is 4.29. The maximum absolute atomic E-state index is 14.2. The molecular formula is C18H18F2N6O2. The van der Waals surface area contributed by atoms with Crippen molar-refractivity contribution < 1.29 is 18.4 Å². The van der Waals surface area contributed by atoms with Crippen LogP contribution in [0.2, 0.25) is 0 Å². The van der Waals surface area contributed by atoms with Crippen LogP contribution < -0.4 is 16.0 Å². The summed E-state index contributed by atoms with van der Waals surface area (Å²) in [7, 11) is 0. The van der Waals surface area contributed by atoms with E-state index in [2.05, 4.69) is 26.0 Å². The summed E-state index contributed by atoms with van der Waals surface area (Å²) < 4.78 is 28.7. The Bertz CT molecular complexity index is 1050. The fourth-order valence-electron chi connectivity index (χ4n) is 2.64. The van der Waals surface area contributed by atoms with Crippen LogP contribution in [0.4, 0.5) is 19.5 Å². The number of carbonyl (C=O) groups is 2. The molecule has 0 aliphatic rings. The topological polar surface area (TPSA) is 100 Å². The molecule has 0 fully saturated rings. The molecule has 0 saturated heterocycles. The molecule has 3 aromatic rings. The number of pyridine rings is 1. The van der Waals surface area contributed by atoms with E-state index < -0.39 is 23.6 Å². The molecular weight excluding hydrogens is 370 g/mol. The van der Waals surface area contributed by atoms with Gasteiger partial charge in [-0.05, 0) is 43.7 Å². The van der Waals surface area contributed by atoms with Gasteiger partial charge in [-0.1, -0.05) is 0 Å². The van der Waals surface area contributed by atoms with Crippen molar-refractivity contribution in [2.75, 3.05) is 18.4 Å². The maximum Gasteiger partial charge on any atom is 0.321 e. The highest BCUT2D eigenvalue weighted by Crippen LogP contribution is 2.26. The van der Waals surface area contributed by atoms with Crippen molar-refractivity contribution in [2.45, 2.75) is 13.8 Å². The lowest BCUT2D eigenvalue weighted by Crippen LogP contribution is -2.28. The average molecular weight is 388 g/mol. The molecule has 2 aromatic heterocycles. The molecule has 2 heterocycles. The minimum absolute atomic E-state index is 0.0202. The summed E-state index contributed by atoms with van der Waals surface area (Å²) in [5.41, 5.74) is 0.739. The van der Waals surface area contributed by atoms with E-state index in [1.807, 2.05) is 0 Å². The third-order valence-corrected chi connectivity index (χ3v) is 3.81. The molecule has 3 N–H and O–H groups in total. The summed E-state index contributed by atoms with van der Waals surface area (Å²) in [5, 5.41) is 11.8. The van der Waals surface area contributed by atoms with Crippen molar-refractivity contribution in [3.8, 4) is 11.1 Å². The molecule has 8 nitrogen and oxygen atoms in total. The van der Waals surface area contributed by atoms with Crippen LogP contribution in [0.3, 0.4) is 0 Å². The second-order valence-electron chi connectivity index (χ2n) is 5.80. The number of urea groups is 1. The highest BCUT2D eigenvalue weighted by Gasteiger charge is 2.18. The van der Waals surface area contributed by atoms with E-state index in [4.69, 9.17) is 0 Å². The molecule has 0 bridgehead atoms. The number of hydrogen-bond acceptors (Lipinski definition) is 4. The highest BCUT2D eigenvalue weighted by molar-refractivity contribution is 5.95. The Hall–Kier alpha value is -3.56. The molecule has 10 heteroatoms. The Morgan fingerprint density at radius 1 is 1.07 bits per heavy atom. The van der Waals surface area contributed by atoms with Crippen LogP contribution >= 0.6 is 0 Å². The van der Waals surface area contributed by atoms with Crippen molar-refractivity contribution in [3.63, 3.8) is 0 Å². The highest BCUT2D eigenvalue weighted by atomic mass is 19.1. The number of fused-ring (bicyclic) bond motifs is 1. The largest absolute Gasteiger partial charge is 0.351 e. The van der Waals surface area contributed by atoms with Gasteiger partial charge in [0, 0.05) is 24.7 Å². The van der Waals surface area contributed by atoms with Gasteiger partial charge in [0.15, 0.2) is 5.65 Å². The fourth-order valence-corrected chi connectivity index (χ4v) is 2.64. The monoisotopic (exact) mass is 388 g/mol. The fraction of sp³-hybridized carbons (Fsp3) is 0.222. The molecule has 0 saturated carbocycles. The first-order valence-electron chi connectivity index (χ1n) is 8.62. The minimum atomic E-state index is -0.772.